The van der Waals surface area contributed by atoms with E-state index < -0.39 is 0 Å². The third-order valence-corrected chi connectivity index (χ3v) is 3.48. The van der Waals surface area contributed by atoms with Crippen molar-refractivity contribution in [1.82, 2.24) is 0 Å². The zero-order chi connectivity index (χ0) is 12.4. The Bertz CT molecular complexity index is 473. The van der Waals surface area contributed by atoms with Gasteiger partial charge in [-0.05, 0) is 26.0 Å². The molecule has 0 atom stereocenters. The van der Waals surface area contributed by atoms with Crippen LogP contribution < -0.4 is 4.90 Å². The van der Waals surface area contributed by atoms with Crippen LogP contribution in [0.3, 0.4) is 0 Å². The molecule has 1 heterocycles. The number of para-hydroxylation sites is 1. The van der Waals surface area contributed by atoms with E-state index in [1.807, 2.05) is 32.0 Å². The number of aliphatic imine (C=N–C) groups is 1. The van der Waals surface area contributed by atoms with Crippen molar-refractivity contribution in [1.29, 1.82) is 0 Å². The van der Waals surface area contributed by atoms with Crippen molar-refractivity contribution in [3.8, 4) is 0 Å². The van der Waals surface area contributed by atoms with Crippen LogP contribution in [0, 0.1) is 0 Å². The average Bonchev–Trinajstić information content (AvgIpc) is 2.60. The van der Waals surface area contributed by atoms with E-state index in [1.54, 1.807) is 11.0 Å². The van der Waals surface area contributed by atoms with E-state index in [0.29, 0.717) is 16.5 Å². The molecule has 0 aliphatic carbocycles. The summed E-state index contributed by atoms with van der Waals surface area (Å²) in [5, 5.41) is 1.30. The van der Waals surface area contributed by atoms with Crippen molar-refractivity contribution in [2.24, 2.45) is 4.99 Å². The minimum absolute atomic E-state index is 0.0301. The summed E-state index contributed by atoms with van der Waals surface area (Å²) in [5.74, 6) is 0.457. The third kappa shape index (κ3) is 2.64. The van der Waals surface area contributed by atoms with Gasteiger partial charge in [-0.3, -0.25) is 14.7 Å². The van der Waals surface area contributed by atoms with Crippen molar-refractivity contribution >= 4 is 40.1 Å². The number of amidine groups is 1. The molecule has 1 amide bonds. The summed E-state index contributed by atoms with van der Waals surface area (Å²) in [6.45, 7) is 3.97. The Labute approximate surface area is 110 Å². The fourth-order valence-corrected chi connectivity index (χ4v) is 2.76. The molecule has 5 heteroatoms. The van der Waals surface area contributed by atoms with Gasteiger partial charge in [-0.25, -0.2) is 0 Å². The Kier molecular flexibility index (Phi) is 3.74. The van der Waals surface area contributed by atoms with Crippen LogP contribution in [0.2, 0.25) is 5.02 Å². The predicted molar refractivity (Wildman–Crippen MR) is 74.0 cm³/mol. The van der Waals surface area contributed by atoms with Gasteiger partial charge in [0.25, 0.3) is 0 Å². The van der Waals surface area contributed by atoms with Crippen LogP contribution in [0.15, 0.2) is 29.3 Å². The van der Waals surface area contributed by atoms with E-state index >= 15 is 0 Å². The number of anilines is 1. The van der Waals surface area contributed by atoms with E-state index in [4.69, 9.17) is 11.6 Å². The number of hydrogen-bond acceptors (Lipinski definition) is 3. The van der Waals surface area contributed by atoms with E-state index in [9.17, 15) is 4.79 Å². The van der Waals surface area contributed by atoms with Crippen molar-refractivity contribution in [3.63, 3.8) is 0 Å². The minimum Gasteiger partial charge on any atom is -0.273 e. The molecule has 1 fully saturated rings. The molecule has 0 bridgehead atoms. The van der Waals surface area contributed by atoms with Gasteiger partial charge in [-0.1, -0.05) is 35.5 Å². The first-order chi connectivity index (χ1) is 8.09. The molecule has 0 N–H and O–H groups in total. The average molecular weight is 269 g/mol. The van der Waals surface area contributed by atoms with Crippen LogP contribution in [0.5, 0.6) is 0 Å². The lowest BCUT2D eigenvalue weighted by molar-refractivity contribution is -0.115. The van der Waals surface area contributed by atoms with Gasteiger partial charge in [-0.15, -0.1) is 0 Å². The van der Waals surface area contributed by atoms with Gasteiger partial charge in [0.15, 0.2) is 5.17 Å². The molecule has 1 aliphatic rings. The highest BCUT2D eigenvalue weighted by molar-refractivity contribution is 8.15. The number of amides is 1. The minimum atomic E-state index is 0.0301. The first kappa shape index (κ1) is 12.5. The molecule has 0 unspecified atom stereocenters. The molecule has 1 aromatic carbocycles. The standard InChI is InChI=1S/C12H13ClN2OS/c1-8(2)14-12-15(11(16)7-17-12)10-6-4-3-5-9(10)13/h3-6,8H,7H2,1-2H3/b14-12-. The monoisotopic (exact) mass is 268 g/mol. The second-order valence-electron chi connectivity index (χ2n) is 3.97. The Morgan fingerprint density at radius 3 is 2.76 bits per heavy atom. The summed E-state index contributed by atoms with van der Waals surface area (Å²) < 4.78 is 0. The zero-order valence-corrected chi connectivity index (χ0v) is 11.3. The number of benzene rings is 1. The van der Waals surface area contributed by atoms with Crippen LogP contribution in [0.1, 0.15) is 13.8 Å². The van der Waals surface area contributed by atoms with Crippen LogP contribution in [-0.2, 0) is 4.79 Å². The van der Waals surface area contributed by atoms with Crippen molar-refractivity contribution < 1.29 is 4.79 Å². The molecule has 3 nitrogen and oxygen atoms in total. The first-order valence-electron chi connectivity index (χ1n) is 5.37. The number of hydrogen-bond donors (Lipinski definition) is 0. The summed E-state index contributed by atoms with van der Waals surface area (Å²) >= 11 is 7.57. The molecule has 1 aliphatic heterocycles. The molecular weight excluding hydrogens is 256 g/mol. The summed E-state index contributed by atoms with van der Waals surface area (Å²) in [5.41, 5.74) is 0.712. The molecule has 17 heavy (non-hydrogen) atoms. The summed E-state index contributed by atoms with van der Waals surface area (Å²) in [6, 6.07) is 7.49. The van der Waals surface area contributed by atoms with Gasteiger partial charge in [0.2, 0.25) is 5.91 Å². The highest BCUT2D eigenvalue weighted by atomic mass is 35.5. The topological polar surface area (TPSA) is 32.7 Å². The molecule has 1 aromatic rings. The SMILES string of the molecule is CC(C)/N=C1\SCC(=O)N1c1ccccc1Cl. The zero-order valence-electron chi connectivity index (χ0n) is 9.68. The maximum Gasteiger partial charge on any atom is 0.243 e. The fraction of sp³-hybridized carbons (Fsp3) is 0.333. The quantitative estimate of drug-likeness (QED) is 0.825. The lowest BCUT2D eigenvalue weighted by Gasteiger charge is -2.17. The Morgan fingerprint density at radius 2 is 2.12 bits per heavy atom. The van der Waals surface area contributed by atoms with E-state index in [-0.39, 0.29) is 11.9 Å². The van der Waals surface area contributed by atoms with E-state index in [0.717, 1.165) is 5.17 Å². The molecule has 90 valence electrons. The van der Waals surface area contributed by atoms with Crippen molar-refractivity contribution in [2.75, 3.05) is 10.7 Å². The van der Waals surface area contributed by atoms with Crippen LogP contribution >= 0.6 is 23.4 Å². The normalized spacial score (nSPS) is 18.5. The smallest absolute Gasteiger partial charge is 0.243 e. The second kappa shape index (κ2) is 5.10. The van der Waals surface area contributed by atoms with Gasteiger partial charge in [0.1, 0.15) is 0 Å². The van der Waals surface area contributed by atoms with Gasteiger partial charge in [0.05, 0.1) is 16.5 Å². The van der Waals surface area contributed by atoms with E-state index in [1.165, 1.54) is 11.8 Å². The Hall–Kier alpha value is -1.00. The van der Waals surface area contributed by atoms with Crippen LogP contribution in [-0.4, -0.2) is 22.9 Å². The number of carbonyl (C=O) groups excluding carboxylic acids is 1. The maximum absolute atomic E-state index is 11.9. The molecular formula is C12H13ClN2OS. The summed E-state index contributed by atoms with van der Waals surface area (Å²) in [4.78, 5) is 17.9. The number of halogens is 1. The lowest BCUT2D eigenvalue weighted by Crippen LogP contribution is -2.30. The second-order valence-corrected chi connectivity index (χ2v) is 5.32. The summed E-state index contributed by atoms with van der Waals surface area (Å²) in [6.07, 6.45) is 0. The lowest BCUT2D eigenvalue weighted by atomic mass is 10.3. The molecule has 2 rings (SSSR count). The van der Waals surface area contributed by atoms with E-state index in [2.05, 4.69) is 4.99 Å². The highest BCUT2D eigenvalue weighted by Crippen LogP contribution is 2.32. The third-order valence-electron chi connectivity index (χ3n) is 2.23. The molecule has 0 aromatic heterocycles. The van der Waals surface area contributed by atoms with Crippen molar-refractivity contribution in [2.45, 2.75) is 19.9 Å². The predicted octanol–water partition coefficient (Wildman–Crippen LogP) is 3.18. The Morgan fingerprint density at radius 1 is 1.41 bits per heavy atom. The van der Waals surface area contributed by atoms with Crippen LogP contribution in [0.25, 0.3) is 0 Å². The number of nitrogens with zero attached hydrogens (tertiary/aromatic N) is 2. The number of thioether (sulfide) groups is 1. The molecule has 0 saturated carbocycles. The van der Waals surface area contributed by atoms with Gasteiger partial charge in [-0.2, -0.15) is 0 Å². The first-order valence-corrected chi connectivity index (χ1v) is 6.74. The number of rotatable bonds is 2. The van der Waals surface area contributed by atoms with Gasteiger partial charge < -0.3 is 0 Å². The van der Waals surface area contributed by atoms with Crippen LogP contribution in [0.4, 0.5) is 5.69 Å². The largest absolute Gasteiger partial charge is 0.273 e. The Balaban J connectivity index is 2.41. The van der Waals surface area contributed by atoms with Gasteiger partial charge >= 0.3 is 0 Å². The highest BCUT2D eigenvalue weighted by Gasteiger charge is 2.30. The number of carbonyl (C=O) groups is 1. The molecule has 0 spiro atoms. The van der Waals surface area contributed by atoms with Gasteiger partial charge in [0, 0.05) is 6.04 Å². The molecule has 1 saturated heterocycles. The van der Waals surface area contributed by atoms with Crippen molar-refractivity contribution in [3.05, 3.63) is 29.3 Å². The maximum atomic E-state index is 11.9. The fourth-order valence-electron chi connectivity index (χ4n) is 1.55. The molecule has 0 radical (unpaired) electrons. The summed E-state index contributed by atoms with van der Waals surface area (Å²) in [7, 11) is 0.